The second-order valence-electron chi connectivity index (χ2n) is 3.17. The molecule has 1 aromatic heterocycles. The number of H-pyrrole nitrogens is 1. The summed E-state index contributed by atoms with van der Waals surface area (Å²) in [7, 11) is 0. The van der Waals surface area contributed by atoms with Gasteiger partial charge in [0.25, 0.3) is 0 Å². The molecule has 0 radical (unpaired) electrons. The number of aromatic amines is 1. The second kappa shape index (κ2) is 3.95. The Kier molecular flexibility index (Phi) is 2.48. The van der Waals surface area contributed by atoms with E-state index in [1.807, 2.05) is 18.2 Å². The number of rotatable bonds is 2. The molecule has 0 atom stereocenters. The van der Waals surface area contributed by atoms with Gasteiger partial charge in [-0.15, -0.1) is 0 Å². The molecule has 0 spiro atoms. The SMILES string of the molecule is N#Cc1cccc(-c2[nH]ncc2CN)c1. The summed E-state index contributed by atoms with van der Waals surface area (Å²) < 4.78 is 0. The van der Waals surface area contributed by atoms with Crippen LogP contribution in [0.2, 0.25) is 0 Å². The summed E-state index contributed by atoms with van der Waals surface area (Å²) in [5, 5.41) is 15.6. The zero-order valence-electron chi connectivity index (χ0n) is 8.07. The summed E-state index contributed by atoms with van der Waals surface area (Å²) in [4.78, 5) is 0. The highest BCUT2D eigenvalue weighted by Gasteiger charge is 2.06. The fourth-order valence-electron chi connectivity index (χ4n) is 1.46. The zero-order chi connectivity index (χ0) is 10.7. The first-order valence-corrected chi connectivity index (χ1v) is 4.58. The lowest BCUT2D eigenvalue weighted by atomic mass is 10.1. The number of hydrogen-bond donors (Lipinski definition) is 2. The largest absolute Gasteiger partial charge is 0.326 e. The summed E-state index contributed by atoms with van der Waals surface area (Å²) in [6, 6.07) is 9.45. The van der Waals surface area contributed by atoms with Gasteiger partial charge in [0.05, 0.1) is 23.5 Å². The number of benzene rings is 1. The first kappa shape index (κ1) is 9.44. The Hall–Kier alpha value is -2.12. The summed E-state index contributed by atoms with van der Waals surface area (Å²) in [5.41, 5.74) is 8.98. The van der Waals surface area contributed by atoms with Gasteiger partial charge in [0.2, 0.25) is 0 Å². The van der Waals surface area contributed by atoms with Gasteiger partial charge in [0, 0.05) is 17.7 Å². The summed E-state index contributed by atoms with van der Waals surface area (Å²) >= 11 is 0. The number of nitrogens with zero attached hydrogens (tertiary/aromatic N) is 2. The van der Waals surface area contributed by atoms with Crippen molar-refractivity contribution in [1.29, 1.82) is 5.26 Å². The molecule has 0 aliphatic rings. The number of aromatic nitrogens is 2. The molecule has 2 rings (SSSR count). The van der Waals surface area contributed by atoms with Gasteiger partial charge in [-0.1, -0.05) is 12.1 Å². The van der Waals surface area contributed by atoms with Gasteiger partial charge < -0.3 is 5.73 Å². The van der Waals surface area contributed by atoms with E-state index in [-0.39, 0.29) is 0 Å². The van der Waals surface area contributed by atoms with Crippen LogP contribution in [0.3, 0.4) is 0 Å². The van der Waals surface area contributed by atoms with E-state index in [4.69, 9.17) is 11.0 Å². The minimum Gasteiger partial charge on any atom is -0.326 e. The molecule has 0 fully saturated rings. The van der Waals surface area contributed by atoms with Gasteiger partial charge in [-0.25, -0.2) is 0 Å². The van der Waals surface area contributed by atoms with Crippen molar-refractivity contribution in [2.24, 2.45) is 5.73 Å². The monoisotopic (exact) mass is 198 g/mol. The van der Waals surface area contributed by atoms with E-state index in [9.17, 15) is 0 Å². The molecule has 4 nitrogen and oxygen atoms in total. The topological polar surface area (TPSA) is 78.5 Å². The summed E-state index contributed by atoms with van der Waals surface area (Å²) in [6.07, 6.45) is 1.70. The Morgan fingerprint density at radius 3 is 3.07 bits per heavy atom. The second-order valence-corrected chi connectivity index (χ2v) is 3.17. The van der Waals surface area contributed by atoms with Crippen LogP contribution in [0.1, 0.15) is 11.1 Å². The smallest absolute Gasteiger partial charge is 0.0991 e. The van der Waals surface area contributed by atoms with Crippen LogP contribution in [-0.4, -0.2) is 10.2 Å². The van der Waals surface area contributed by atoms with E-state index in [2.05, 4.69) is 16.3 Å². The highest BCUT2D eigenvalue weighted by molar-refractivity contribution is 5.64. The summed E-state index contributed by atoms with van der Waals surface area (Å²) in [6.45, 7) is 0.433. The predicted octanol–water partition coefficient (Wildman–Crippen LogP) is 1.41. The van der Waals surface area contributed by atoms with E-state index >= 15 is 0 Å². The van der Waals surface area contributed by atoms with Crippen LogP contribution in [0.5, 0.6) is 0 Å². The number of nitriles is 1. The van der Waals surface area contributed by atoms with E-state index < -0.39 is 0 Å². The van der Waals surface area contributed by atoms with Crippen LogP contribution >= 0.6 is 0 Å². The molecule has 0 unspecified atom stereocenters. The molecule has 0 bridgehead atoms. The molecular formula is C11H10N4. The molecule has 2 aromatic rings. The van der Waals surface area contributed by atoms with Gasteiger partial charge in [0.15, 0.2) is 0 Å². The Bertz CT molecular complexity index is 507. The molecule has 0 amide bonds. The molecule has 0 aliphatic carbocycles. The highest BCUT2D eigenvalue weighted by Crippen LogP contribution is 2.21. The molecule has 15 heavy (non-hydrogen) atoms. The van der Waals surface area contributed by atoms with Gasteiger partial charge in [-0.3, -0.25) is 5.10 Å². The number of nitrogens with one attached hydrogen (secondary N) is 1. The summed E-state index contributed by atoms with van der Waals surface area (Å²) in [5.74, 6) is 0. The molecule has 3 N–H and O–H groups in total. The van der Waals surface area contributed by atoms with Crippen molar-refractivity contribution in [2.45, 2.75) is 6.54 Å². The molecule has 1 aromatic carbocycles. The van der Waals surface area contributed by atoms with Crippen molar-refractivity contribution in [3.63, 3.8) is 0 Å². The third-order valence-corrected chi connectivity index (χ3v) is 2.22. The Labute approximate surface area is 87.3 Å². The Morgan fingerprint density at radius 1 is 1.47 bits per heavy atom. The van der Waals surface area contributed by atoms with Crippen molar-refractivity contribution < 1.29 is 0 Å². The van der Waals surface area contributed by atoms with Gasteiger partial charge >= 0.3 is 0 Å². The lowest BCUT2D eigenvalue weighted by molar-refractivity contribution is 1.08. The maximum absolute atomic E-state index is 8.79. The number of hydrogen-bond acceptors (Lipinski definition) is 3. The Balaban J connectivity index is 2.50. The zero-order valence-corrected chi connectivity index (χ0v) is 8.07. The maximum atomic E-state index is 8.79. The lowest BCUT2D eigenvalue weighted by Crippen LogP contribution is -1.96. The van der Waals surface area contributed by atoms with Crippen LogP contribution in [0.4, 0.5) is 0 Å². The highest BCUT2D eigenvalue weighted by atomic mass is 15.1. The average Bonchev–Trinajstić information content (AvgIpc) is 2.77. The number of nitrogens with two attached hydrogens (primary N) is 1. The van der Waals surface area contributed by atoms with Crippen LogP contribution in [-0.2, 0) is 6.54 Å². The van der Waals surface area contributed by atoms with Crippen LogP contribution in [0.25, 0.3) is 11.3 Å². The van der Waals surface area contributed by atoms with Crippen molar-refractivity contribution in [3.05, 3.63) is 41.6 Å². The third-order valence-electron chi connectivity index (χ3n) is 2.22. The van der Waals surface area contributed by atoms with Gasteiger partial charge in [-0.05, 0) is 12.1 Å². The average molecular weight is 198 g/mol. The van der Waals surface area contributed by atoms with Gasteiger partial charge in [-0.2, -0.15) is 10.4 Å². The van der Waals surface area contributed by atoms with Crippen LogP contribution in [0.15, 0.2) is 30.5 Å². The first-order valence-electron chi connectivity index (χ1n) is 4.58. The van der Waals surface area contributed by atoms with E-state index in [0.717, 1.165) is 16.8 Å². The third kappa shape index (κ3) is 1.73. The van der Waals surface area contributed by atoms with Crippen LogP contribution < -0.4 is 5.73 Å². The van der Waals surface area contributed by atoms with Crippen molar-refractivity contribution in [2.75, 3.05) is 0 Å². The molecule has 74 valence electrons. The molecule has 4 heteroatoms. The molecule has 0 saturated carbocycles. The Morgan fingerprint density at radius 2 is 2.33 bits per heavy atom. The standard InChI is InChI=1S/C11H10N4/c12-5-8-2-1-3-9(4-8)11-10(6-13)7-14-15-11/h1-4,7H,6,13H2,(H,14,15). The minimum atomic E-state index is 0.433. The predicted molar refractivity (Wildman–Crippen MR) is 56.6 cm³/mol. The maximum Gasteiger partial charge on any atom is 0.0991 e. The van der Waals surface area contributed by atoms with Gasteiger partial charge in [0.1, 0.15) is 0 Å². The van der Waals surface area contributed by atoms with E-state index in [0.29, 0.717) is 12.1 Å². The molecular weight excluding hydrogens is 188 g/mol. The fraction of sp³-hybridized carbons (Fsp3) is 0.0909. The van der Waals surface area contributed by atoms with E-state index in [1.165, 1.54) is 0 Å². The molecule has 0 aliphatic heterocycles. The normalized spacial score (nSPS) is 9.87. The van der Waals surface area contributed by atoms with Crippen LogP contribution in [0, 0.1) is 11.3 Å². The minimum absolute atomic E-state index is 0.433. The molecule has 0 saturated heterocycles. The first-order chi connectivity index (χ1) is 7.35. The van der Waals surface area contributed by atoms with E-state index in [1.54, 1.807) is 12.3 Å². The quantitative estimate of drug-likeness (QED) is 0.765. The van der Waals surface area contributed by atoms with Crippen molar-refractivity contribution in [1.82, 2.24) is 10.2 Å². The van der Waals surface area contributed by atoms with Crippen molar-refractivity contribution >= 4 is 0 Å². The van der Waals surface area contributed by atoms with Crippen molar-refractivity contribution in [3.8, 4) is 17.3 Å². The lowest BCUT2D eigenvalue weighted by Gasteiger charge is -2.00. The molecule has 1 heterocycles. The fourth-order valence-corrected chi connectivity index (χ4v) is 1.46.